The summed E-state index contributed by atoms with van der Waals surface area (Å²) in [6.45, 7) is 0. The monoisotopic (exact) mass is 189 g/mol. The number of methoxy groups -OCH3 is 1. The molecule has 1 rings (SSSR count). The van der Waals surface area contributed by atoms with Crippen LogP contribution in [-0.4, -0.2) is 24.4 Å². The van der Waals surface area contributed by atoms with Gasteiger partial charge < -0.3 is 10.1 Å². The van der Waals surface area contributed by atoms with Crippen molar-refractivity contribution in [1.29, 1.82) is 0 Å². The van der Waals surface area contributed by atoms with E-state index in [-0.39, 0.29) is 11.0 Å². The molecule has 1 aliphatic carbocycles. The van der Waals surface area contributed by atoms with E-state index in [1.54, 1.807) is 0 Å². The van der Waals surface area contributed by atoms with Gasteiger partial charge in [-0.1, -0.05) is 0 Å². The molecule has 0 heterocycles. The van der Waals surface area contributed by atoms with E-state index in [0.717, 1.165) is 12.8 Å². The van der Waals surface area contributed by atoms with Gasteiger partial charge in [0.15, 0.2) is 0 Å². The van der Waals surface area contributed by atoms with Crippen LogP contribution in [0.1, 0.15) is 12.8 Å². The minimum atomic E-state index is -0.575. The summed E-state index contributed by atoms with van der Waals surface area (Å²) in [5.74, 6) is 0.258. The van der Waals surface area contributed by atoms with E-state index in [4.69, 9.17) is 0 Å². The van der Waals surface area contributed by atoms with Gasteiger partial charge in [0.1, 0.15) is 6.04 Å². The Morgan fingerprint density at radius 1 is 1.58 bits per heavy atom. The molecule has 1 saturated carbocycles. The molecule has 1 amide bonds. The summed E-state index contributed by atoms with van der Waals surface area (Å²) in [6, 6.07) is -0.471. The van der Waals surface area contributed by atoms with Gasteiger partial charge in [0.2, 0.25) is 5.12 Å². The summed E-state index contributed by atoms with van der Waals surface area (Å²) in [5.41, 5.74) is 0. The maximum absolute atomic E-state index is 10.9. The van der Waals surface area contributed by atoms with Crippen LogP contribution in [0.3, 0.4) is 0 Å². The Bertz CT molecular complexity index is 203. The highest BCUT2D eigenvalue weighted by molar-refractivity contribution is 7.96. The lowest BCUT2D eigenvalue weighted by Gasteiger charge is -2.12. The summed E-state index contributed by atoms with van der Waals surface area (Å²) in [4.78, 5) is 21.6. The molecule has 1 atom stereocenters. The van der Waals surface area contributed by atoms with Crippen molar-refractivity contribution in [2.75, 3.05) is 7.11 Å². The van der Waals surface area contributed by atoms with Crippen molar-refractivity contribution in [3.05, 3.63) is 0 Å². The standard InChI is InChI=1S/C7H11NO3S/c1-11-7(10)8-5(6(9)12)4-2-3-4/h4-5H,2-3H2,1H3,(H,8,10)(H,9,12)/t5-/m0/s1. The number of hydrogen-bond acceptors (Lipinski definition) is 3. The number of hydrogen-bond donors (Lipinski definition) is 2. The molecule has 0 unspecified atom stereocenters. The summed E-state index contributed by atoms with van der Waals surface area (Å²) in [6.07, 6.45) is 1.37. The molecule has 0 aliphatic heterocycles. The molecular formula is C7H11NO3S. The van der Waals surface area contributed by atoms with Crippen LogP contribution in [0.15, 0.2) is 0 Å². The first-order valence-electron chi connectivity index (χ1n) is 3.72. The Labute approximate surface area is 76.1 Å². The van der Waals surface area contributed by atoms with Crippen LogP contribution >= 0.6 is 12.6 Å². The molecule has 1 aliphatic rings. The van der Waals surface area contributed by atoms with Crippen molar-refractivity contribution in [3.63, 3.8) is 0 Å². The predicted octanol–water partition coefficient (Wildman–Crippen LogP) is 0.577. The topological polar surface area (TPSA) is 55.4 Å². The molecule has 0 saturated heterocycles. The lowest BCUT2D eigenvalue weighted by molar-refractivity contribution is -0.112. The van der Waals surface area contributed by atoms with Crippen LogP contribution in [-0.2, 0) is 9.53 Å². The van der Waals surface area contributed by atoms with Crippen LogP contribution in [0.2, 0.25) is 0 Å². The van der Waals surface area contributed by atoms with Gasteiger partial charge >= 0.3 is 6.09 Å². The Morgan fingerprint density at radius 3 is 2.50 bits per heavy atom. The van der Waals surface area contributed by atoms with E-state index < -0.39 is 12.1 Å². The molecule has 0 radical (unpaired) electrons. The van der Waals surface area contributed by atoms with Crippen LogP contribution < -0.4 is 5.32 Å². The van der Waals surface area contributed by atoms with E-state index >= 15 is 0 Å². The molecule has 0 aromatic carbocycles. The van der Waals surface area contributed by atoms with Gasteiger partial charge in [0, 0.05) is 0 Å². The zero-order valence-electron chi connectivity index (χ0n) is 6.74. The number of rotatable bonds is 3. The van der Waals surface area contributed by atoms with Gasteiger partial charge in [0.05, 0.1) is 7.11 Å². The number of alkyl carbamates (subject to hydrolysis) is 1. The van der Waals surface area contributed by atoms with Crippen molar-refractivity contribution >= 4 is 23.8 Å². The fourth-order valence-electron chi connectivity index (χ4n) is 0.997. The Hall–Kier alpha value is -0.710. The first-order valence-corrected chi connectivity index (χ1v) is 4.17. The van der Waals surface area contributed by atoms with E-state index in [2.05, 4.69) is 22.7 Å². The Morgan fingerprint density at radius 2 is 2.17 bits per heavy atom. The zero-order valence-corrected chi connectivity index (χ0v) is 7.64. The molecule has 4 nitrogen and oxygen atoms in total. The Kier molecular flexibility index (Phi) is 2.97. The van der Waals surface area contributed by atoms with Crippen molar-refractivity contribution in [3.8, 4) is 0 Å². The third kappa shape index (κ3) is 2.41. The van der Waals surface area contributed by atoms with Crippen molar-refractivity contribution in [2.24, 2.45) is 5.92 Å². The van der Waals surface area contributed by atoms with E-state index in [0.29, 0.717) is 0 Å². The van der Waals surface area contributed by atoms with Crippen LogP contribution in [0, 0.1) is 5.92 Å². The number of nitrogens with one attached hydrogen (secondary N) is 1. The number of carbonyl (C=O) groups excluding carboxylic acids is 2. The van der Waals surface area contributed by atoms with E-state index in [1.165, 1.54) is 7.11 Å². The molecule has 5 heteroatoms. The minimum Gasteiger partial charge on any atom is -0.453 e. The first kappa shape index (κ1) is 9.38. The SMILES string of the molecule is COC(=O)N[C@H](C(=O)S)C1CC1. The minimum absolute atomic E-state index is 0.258. The highest BCUT2D eigenvalue weighted by Gasteiger charge is 2.35. The molecule has 12 heavy (non-hydrogen) atoms. The highest BCUT2D eigenvalue weighted by Crippen LogP contribution is 2.33. The van der Waals surface area contributed by atoms with Crippen LogP contribution in [0.4, 0.5) is 4.79 Å². The normalized spacial score (nSPS) is 18.2. The quantitative estimate of drug-likeness (QED) is 0.638. The smallest absolute Gasteiger partial charge is 0.407 e. The molecule has 0 aromatic heterocycles. The molecule has 0 bridgehead atoms. The second-order valence-electron chi connectivity index (χ2n) is 2.79. The zero-order chi connectivity index (χ0) is 9.14. The first-order chi connectivity index (χ1) is 5.65. The fourth-order valence-corrected chi connectivity index (χ4v) is 1.27. The van der Waals surface area contributed by atoms with Crippen molar-refractivity contribution in [2.45, 2.75) is 18.9 Å². The molecule has 1 N–H and O–H groups in total. The fraction of sp³-hybridized carbons (Fsp3) is 0.714. The number of thiol groups is 1. The number of amides is 1. The molecule has 68 valence electrons. The van der Waals surface area contributed by atoms with Gasteiger partial charge in [-0.3, -0.25) is 4.79 Å². The van der Waals surface area contributed by atoms with Crippen molar-refractivity contribution < 1.29 is 14.3 Å². The maximum Gasteiger partial charge on any atom is 0.407 e. The average molecular weight is 189 g/mol. The molecule has 0 aromatic rings. The second-order valence-corrected chi connectivity index (χ2v) is 3.23. The van der Waals surface area contributed by atoms with Crippen molar-refractivity contribution in [1.82, 2.24) is 5.32 Å². The maximum atomic E-state index is 10.9. The third-order valence-electron chi connectivity index (χ3n) is 1.82. The van der Waals surface area contributed by atoms with Gasteiger partial charge in [-0.15, -0.1) is 12.6 Å². The number of carbonyl (C=O) groups is 2. The lowest BCUT2D eigenvalue weighted by atomic mass is 10.2. The lowest BCUT2D eigenvalue weighted by Crippen LogP contribution is -2.40. The second kappa shape index (κ2) is 3.80. The molecule has 0 spiro atoms. The highest BCUT2D eigenvalue weighted by atomic mass is 32.1. The predicted molar refractivity (Wildman–Crippen MR) is 46.0 cm³/mol. The largest absolute Gasteiger partial charge is 0.453 e. The third-order valence-corrected chi connectivity index (χ3v) is 2.10. The summed E-state index contributed by atoms with van der Waals surface area (Å²) >= 11 is 3.68. The van der Waals surface area contributed by atoms with E-state index in [1.807, 2.05) is 0 Å². The summed E-state index contributed by atoms with van der Waals surface area (Å²) < 4.78 is 4.37. The van der Waals surface area contributed by atoms with Crippen LogP contribution in [0.5, 0.6) is 0 Å². The summed E-state index contributed by atoms with van der Waals surface area (Å²) in [5, 5.41) is 2.14. The summed E-state index contributed by atoms with van der Waals surface area (Å²) in [7, 11) is 1.27. The molecule has 1 fully saturated rings. The van der Waals surface area contributed by atoms with Gasteiger partial charge in [-0.2, -0.15) is 0 Å². The van der Waals surface area contributed by atoms with Gasteiger partial charge in [0.25, 0.3) is 0 Å². The average Bonchev–Trinajstić information content (AvgIpc) is 2.81. The van der Waals surface area contributed by atoms with Crippen LogP contribution in [0.25, 0.3) is 0 Å². The molecular weight excluding hydrogens is 178 g/mol. The van der Waals surface area contributed by atoms with E-state index in [9.17, 15) is 9.59 Å². The number of ether oxygens (including phenoxy) is 1. The Balaban J connectivity index is 2.43. The van der Waals surface area contributed by atoms with Gasteiger partial charge in [-0.05, 0) is 18.8 Å². The van der Waals surface area contributed by atoms with Gasteiger partial charge in [-0.25, -0.2) is 4.79 Å².